The molecule has 5 aromatic heterocycles. The zero-order valence-corrected chi connectivity index (χ0v) is 38.5. The lowest BCUT2D eigenvalue weighted by Gasteiger charge is -2.26. The monoisotopic (exact) mass is 966 g/mol. The molecule has 25 heteroatoms. The first-order valence-corrected chi connectivity index (χ1v) is 22.0. The number of carbonyl (C=O) groups is 5. The van der Waals surface area contributed by atoms with E-state index in [1.54, 1.807) is 48.8 Å². The number of nitrogens with one attached hydrogen (secondary N) is 1. The average molecular weight is 967 g/mol. The summed E-state index contributed by atoms with van der Waals surface area (Å²) in [6.45, 7) is 13.0. The number of aryl methyl sites for hydroxylation is 4. The summed E-state index contributed by atoms with van der Waals surface area (Å²) in [5.74, 6) is -4.25. The van der Waals surface area contributed by atoms with Crippen LogP contribution in [0.15, 0.2) is 53.7 Å². The lowest BCUT2D eigenvalue weighted by atomic mass is 10.1. The molecule has 0 unspecified atom stereocenters. The number of carboxylic acids is 1. The molecule has 6 aromatic rings. The largest absolute Gasteiger partial charge is 0.491 e. The number of ether oxygens (including phenoxy) is 3. The first kappa shape index (κ1) is 50.2. The number of rotatable bonds is 16. The molecule has 1 aliphatic rings. The van der Waals surface area contributed by atoms with Gasteiger partial charge in [0.25, 0.3) is 11.8 Å². The lowest BCUT2D eigenvalue weighted by Crippen LogP contribution is -2.37. The molecule has 4 N–H and O–H groups in total. The number of fused-ring (bicyclic) bond motifs is 2. The number of halogens is 3. The minimum absolute atomic E-state index is 0.196. The zero-order valence-electron chi connectivity index (χ0n) is 37.7. The molecule has 1 fully saturated rings. The third-order valence-corrected chi connectivity index (χ3v) is 11.3. The summed E-state index contributed by atoms with van der Waals surface area (Å²) in [5.41, 5.74) is 9.77. The van der Waals surface area contributed by atoms with Crippen molar-refractivity contribution in [2.45, 2.75) is 66.5 Å². The Morgan fingerprint density at radius 2 is 1.57 bits per heavy atom. The summed E-state index contributed by atoms with van der Waals surface area (Å²) in [4.78, 5) is 77.7. The summed E-state index contributed by atoms with van der Waals surface area (Å²) in [6, 6.07) is 8.23. The molecule has 21 nitrogen and oxygen atoms in total. The van der Waals surface area contributed by atoms with E-state index < -0.39 is 35.8 Å². The van der Waals surface area contributed by atoms with Crippen molar-refractivity contribution in [3.8, 4) is 5.75 Å². The lowest BCUT2D eigenvalue weighted by molar-refractivity contribution is -0.192. The fraction of sp³-hybridized carbons (Fsp3) is 0.395. The highest BCUT2D eigenvalue weighted by Crippen LogP contribution is 2.32. The molecular weight excluding hydrogens is 918 g/mol. The first-order valence-electron chi connectivity index (χ1n) is 21.2. The number of nitrogens with zero attached hydrogens (tertiary/aromatic N) is 10. The molecule has 7 rings (SSSR count). The Bertz CT molecular complexity index is 2940. The highest BCUT2D eigenvalue weighted by Gasteiger charge is 2.38. The Kier molecular flexibility index (Phi) is 16.3. The van der Waals surface area contributed by atoms with Crippen LogP contribution >= 0.6 is 11.3 Å². The number of benzene rings is 1. The summed E-state index contributed by atoms with van der Waals surface area (Å²) in [5, 5.41) is 18.9. The van der Waals surface area contributed by atoms with Gasteiger partial charge in [-0.15, -0.1) is 0 Å². The Balaban J connectivity index is 0.00000101. The van der Waals surface area contributed by atoms with E-state index in [1.807, 2.05) is 39.8 Å². The van der Waals surface area contributed by atoms with Crippen LogP contribution in [0, 0.1) is 13.8 Å². The SMILES string of the molecule is CCn1nc(C)cc1C(=O)/N=c1/sc2cc(C(=O)OC)cnc2n1C/C=C/Cn1c(NC(=O)c2cc(C)nn2CC)nc2cc(C(N)=O)cc(OCCCN3CCOCC3)c21.O=C(O)C(F)(F)F. The van der Waals surface area contributed by atoms with E-state index in [4.69, 9.17) is 34.8 Å². The molecule has 6 heterocycles. The molecule has 1 aromatic carbocycles. The number of imidazole rings is 1. The fourth-order valence-electron chi connectivity index (χ4n) is 7.08. The number of esters is 1. The predicted octanol–water partition coefficient (Wildman–Crippen LogP) is 4.37. The number of anilines is 1. The van der Waals surface area contributed by atoms with Gasteiger partial charge in [-0.1, -0.05) is 23.5 Å². The number of aliphatic carboxylic acids is 1. The maximum Gasteiger partial charge on any atom is 0.490 e. The number of allylic oxidation sites excluding steroid dienone is 2. The van der Waals surface area contributed by atoms with Crippen LogP contribution in [0.3, 0.4) is 0 Å². The summed E-state index contributed by atoms with van der Waals surface area (Å²) >= 11 is 1.21. The van der Waals surface area contributed by atoms with E-state index in [0.29, 0.717) is 87.6 Å². The number of thiazole rings is 1. The second-order valence-electron chi connectivity index (χ2n) is 15.1. The number of alkyl halides is 3. The molecule has 3 amide bonds. The second kappa shape index (κ2) is 22.0. The number of hydrogen-bond donors (Lipinski definition) is 3. The number of carbonyl (C=O) groups excluding carboxylic acids is 4. The van der Waals surface area contributed by atoms with Crippen molar-refractivity contribution >= 4 is 68.3 Å². The molecule has 1 saturated heterocycles. The average Bonchev–Trinajstić information content (AvgIpc) is 4.08. The van der Waals surface area contributed by atoms with Crippen LogP contribution in [0.1, 0.15) is 73.3 Å². The molecule has 0 aliphatic carbocycles. The van der Waals surface area contributed by atoms with Crippen LogP contribution in [0.25, 0.3) is 21.4 Å². The van der Waals surface area contributed by atoms with Crippen LogP contribution in [-0.4, -0.2) is 131 Å². The number of carboxylic acid groups (broad SMARTS) is 1. The zero-order chi connectivity index (χ0) is 49.3. The number of aromatic nitrogens is 8. The molecular formula is C43H49F3N12O9S. The van der Waals surface area contributed by atoms with Crippen molar-refractivity contribution in [3.63, 3.8) is 0 Å². The van der Waals surface area contributed by atoms with Gasteiger partial charge in [-0.3, -0.25) is 38.5 Å². The Hall–Kier alpha value is -7.25. The fourth-order valence-corrected chi connectivity index (χ4v) is 8.12. The highest BCUT2D eigenvalue weighted by molar-refractivity contribution is 7.16. The van der Waals surface area contributed by atoms with Crippen molar-refractivity contribution in [3.05, 3.63) is 87.4 Å². The van der Waals surface area contributed by atoms with E-state index in [0.717, 1.165) is 26.1 Å². The van der Waals surface area contributed by atoms with E-state index in [9.17, 15) is 32.3 Å². The smallest absolute Gasteiger partial charge is 0.490 e. The van der Waals surface area contributed by atoms with Gasteiger partial charge in [-0.2, -0.15) is 28.4 Å². The van der Waals surface area contributed by atoms with Crippen molar-refractivity contribution in [2.75, 3.05) is 51.9 Å². The standard InChI is InChI=1S/C41H48N12O7S.C2HF3O2/c1-6-52-30(19-25(3)47-52)37(55)45-40-44-29-21-27(35(42)54)22-32(60-16-10-11-49-14-17-59-18-15-49)34(29)50(40)12-8-9-13-51-36-33(23-28(24-43-36)39(57)58-5)61-41(51)46-38(56)31-20-26(4)48-53(31)7-2;3-2(4,5)1(6)7/h8-9,19-24H,6-7,10-18H2,1-5H3,(H2,42,54)(H,44,45,55);(H,6,7)/b9-8+,46-41+;. The number of pyridine rings is 1. The van der Waals surface area contributed by atoms with Crippen LogP contribution in [0.4, 0.5) is 19.1 Å². The van der Waals surface area contributed by atoms with E-state index in [-0.39, 0.29) is 30.2 Å². The van der Waals surface area contributed by atoms with Crippen molar-refractivity contribution < 1.29 is 56.5 Å². The minimum Gasteiger partial charge on any atom is -0.491 e. The third-order valence-electron chi connectivity index (χ3n) is 10.3. The van der Waals surface area contributed by atoms with Gasteiger partial charge in [0.05, 0.1) is 54.1 Å². The number of amides is 3. The van der Waals surface area contributed by atoms with Gasteiger partial charge in [-0.05, 0) is 64.4 Å². The van der Waals surface area contributed by atoms with E-state index in [2.05, 4.69) is 30.4 Å². The number of nitrogens with two attached hydrogens (primary N) is 1. The van der Waals surface area contributed by atoms with Crippen molar-refractivity contribution in [1.29, 1.82) is 0 Å². The maximum atomic E-state index is 13.8. The Labute approximate surface area is 389 Å². The van der Waals surface area contributed by atoms with Crippen LogP contribution in [0.2, 0.25) is 0 Å². The second-order valence-corrected chi connectivity index (χ2v) is 16.1. The number of methoxy groups -OCH3 is 1. The normalized spacial score (nSPS) is 13.5. The molecule has 0 saturated carbocycles. The number of primary amides is 1. The van der Waals surface area contributed by atoms with Crippen molar-refractivity contribution in [2.24, 2.45) is 10.7 Å². The van der Waals surface area contributed by atoms with E-state index in [1.165, 1.54) is 24.6 Å². The molecule has 0 radical (unpaired) electrons. The number of morpholine rings is 1. The summed E-state index contributed by atoms with van der Waals surface area (Å²) in [6.07, 6.45) is 0.808. The van der Waals surface area contributed by atoms with Crippen LogP contribution in [0.5, 0.6) is 5.75 Å². The summed E-state index contributed by atoms with van der Waals surface area (Å²) < 4.78 is 55.9. The van der Waals surface area contributed by atoms with Gasteiger partial charge >= 0.3 is 18.1 Å². The van der Waals surface area contributed by atoms with Gasteiger partial charge in [0.2, 0.25) is 11.9 Å². The quantitative estimate of drug-likeness (QED) is 0.0692. The number of hydrogen-bond acceptors (Lipinski definition) is 14. The molecule has 0 bridgehead atoms. The first-order chi connectivity index (χ1) is 32.4. The molecule has 0 atom stereocenters. The predicted molar refractivity (Wildman–Crippen MR) is 241 cm³/mol. The van der Waals surface area contributed by atoms with Gasteiger partial charge in [0, 0.05) is 57.6 Å². The van der Waals surface area contributed by atoms with E-state index >= 15 is 0 Å². The maximum absolute atomic E-state index is 13.8. The van der Waals surface area contributed by atoms with Gasteiger partial charge in [-0.25, -0.2) is 19.6 Å². The molecule has 0 spiro atoms. The highest BCUT2D eigenvalue weighted by atomic mass is 32.1. The van der Waals surface area contributed by atoms with Gasteiger partial charge in [0.15, 0.2) is 10.4 Å². The third kappa shape index (κ3) is 12.0. The molecule has 362 valence electrons. The Morgan fingerprint density at radius 1 is 0.941 bits per heavy atom. The van der Waals surface area contributed by atoms with Crippen molar-refractivity contribution in [1.82, 2.24) is 43.6 Å². The molecule has 1 aliphatic heterocycles. The summed E-state index contributed by atoms with van der Waals surface area (Å²) in [7, 11) is 1.30. The van der Waals surface area contributed by atoms with Crippen LogP contribution in [-0.2, 0) is 40.4 Å². The van der Waals surface area contributed by atoms with Crippen LogP contribution < -0.4 is 20.6 Å². The minimum atomic E-state index is -5.08. The topological polar surface area (TPSA) is 258 Å². The van der Waals surface area contributed by atoms with Gasteiger partial charge in [0.1, 0.15) is 22.7 Å². The van der Waals surface area contributed by atoms with Gasteiger partial charge < -0.3 is 29.6 Å². The Morgan fingerprint density at radius 3 is 2.19 bits per heavy atom. The molecule has 68 heavy (non-hydrogen) atoms.